The van der Waals surface area contributed by atoms with E-state index in [4.69, 9.17) is 9.68 Å². The minimum atomic E-state index is -0.459. The van der Waals surface area contributed by atoms with E-state index < -0.39 is 5.82 Å². The molecule has 0 amide bonds. The summed E-state index contributed by atoms with van der Waals surface area (Å²) in [6.45, 7) is 1.73. The van der Waals surface area contributed by atoms with Gasteiger partial charge in [0.25, 0.3) is 0 Å². The lowest BCUT2D eigenvalue weighted by Crippen LogP contribution is -1.76. The summed E-state index contributed by atoms with van der Waals surface area (Å²) >= 11 is 3.18. The molecular formula is C10H5BrFNO. The molecule has 14 heavy (non-hydrogen) atoms. The second-order valence-corrected chi connectivity index (χ2v) is 3.85. The molecule has 0 fully saturated rings. The minimum Gasteiger partial charge on any atom is -0.442 e. The SMILES string of the molecule is Cc1c(C#N)oc2c(F)cc(Br)cc12. The molecule has 1 aromatic carbocycles. The molecule has 0 saturated heterocycles. The lowest BCUT2D eigenvalue weighted by Gasteiger charge is -1.93. The average molecular weight is 254 g/mol. The molecule has 0 aliphatic carbocycles. The number of hydrogen-bond donors (Lipinski definition) is 0. The number of hydrogen-bond acceptors (Lipinski definition) is 2. The number of furan rings is 1. The van der Waals surface area contributed by atoms with E-state index in [0.29, 0.717) is 15.4 Å². The monoisotopic (exact) mass is 253 g/mol. The van der Waals surface area contributed by atoms with E-state index in [2.05, 4.69) is 15.9 Å². The van der Waals surface area contributed by atoms with Crippen LogP contribution in [-0.4, -0.2) is 0 Å². The van der Waals surface area contributed by atoms with Crippen molar-refractivity contribution in [1.82, 2.24) is 0 Å². The number of nitrogens with zero attached hydrogens (tertiary/aromatic N) is 1. The lowest BCUT2D eigenvalue weighted by atomic mass is 10.1. The van der Waals surface area contributed by atoms with Crippen LogP contribution in [0.5, 0.6) is 0 Å². The van der Waals surface area contributed by atoms with Gasteiger partial charge in [-0.05, 0) is 19.1 Å². The third-order valence-corrected chi connectivity index (χ3v) is 2.52. The molecule has 2 rings (SSSR count). The summed E-state index contributed by atoms with van der Waals surface area (Å²) in [4.78, 5) is 0. The highest BCUT2D eigenvalue weighted by Gasteiger charge is 2.13. The normalized spacial score (nSPS) is 10.4. The van der Waals surface area contributed by atoms with Gasteiger partial charge in [0.15, 0.2) is 11.4 Å². The molecule has 0 saturated carbocycles. The summed E-state index contributed by atoms with van der Waals surface area (Å²) in [5.74, 6) is -0.295. The van der Waals surface area contributed by atoms with Gasteiger partial charge in [0.1, 0.15) is 6.07 Å². The predicted octanol–water partition coefficient (Wildman–Crippen LogP) is 3.51. The Morgan fingerprint density at radius 3 is 2.86 bits per heavy atom. The van der Waals surface area contributed by atoms with Crippen LogP contribution < -0.4 is 0 Å². The Balaban J connectivity index is 2.94. The number of rotatable bonds is 0. The number of aryl methyl sites for hydroxylation is 1. The van der Waals surface area contributed by atoms with Crippen LogP contribution in [-0.2, 0) is 0 Å². The van der Waals surface area contributed by atoms with Crippen molar-refractivity contribution in [3.8, 4) is 6.07 Å². The van der Waals surface area contributed by atoms with Crippen LogP contribution in [0.3, 0.4) is 0 Å². The van der Waals surface area contributed by atoms with Gasteiger partial charge in [-0.15, -0.1) is 0 Å². The summed E-state index contributed by atoms with van der Waals surface area (Å²) in [7, 11) is 0. The van der Waals surface area contributed by atoms with Gasteiger partial charge in [-0.2, -0.15) is 5.26 Å². The first-order valence-electron chi connectivity index (χ1n) is 3.91. The molecule has 2 nitrogen and oxygen atoms in total. The van der Waals surface area contributed by atoms with E-state index in [1.165, 1.54) is 6.07 Å². The topological polar surface area (TPSA) is 36.9 Å². The molecule has 0 aliphatic rings. The molecule has 0 unspecified atom stereocenters. The van der Waals surface area contributed by atoms with Crippen molar-refractivity contribution in [3.05, 3.63) is 33.7 Å². The molecule has 4 heteroatoms. The third-order valence-electron chi connectivity index (χ3n) is 2.06. The molecule has 0 spiro atoms. The highest BCUT2D eigenvalue weighted by molar-refractivity contribution is 9.10. The van der Waals surface area contributed by atoms with Crippen LogP contribution in [0.2, 0.25) is 0 Å². The number of halogens is 2. The first kappa shape index (κ1) is 9.22. The Labute approximate surface area is 88.1 Å². The molecule has 70 valence electrons. The van der Waals surface area contributed by atoms with Crippen molar-refractivity contribution in [2.24, 2.45) is 0 Å². The molecule has 1 heterocycles. The maximum absolute atomic E-state index is 13.3. The van der Waals surface area contributed by atoms with Crippen molar-refractivity contribution in [3.63, 3.8) is 0 Å². The lowest BCUT2D eigenvalue weighted by molar-refractivity contribution is 0.549. The van der Waals surface area contributed by atoms with Crippen molar-refractivity contribution >= 4 is 26.9 Å². The van der Waals surface area contributed by atoms with Gasteiger partial charge < -0.3 is 4.42 Å². The first-order chi connectivity index (χ1) is 6.63. The number of fused-ring (bicyclic) bond motifs is 1. The zero-order chi connectivity index (χ0) is 10.3. The fourth-order valence-corrected chi connectivity index (χ4v) is 1.78. The fraction of sp³-hybridized carbons (Fsp3) is 0.100. The second-order valence-electron chi connectivity index (χ2n) is 2.93. The van der Waals surface area contributed by atoms with Crippen LogP contribution in [0.15, 0.2) is 21.0 Å². The summed E-state index contributed by atoms with van der Waals surface area (Å²) in [6, 6.07) is 4.93. The molecular weight excluding hydrogens is 249 g/mol. The smallest absolute Gasteiger partial charge is 0.207 e. The fourth-order valence-electron chi connectivity index (χ4n) is 1.35. The zero-order valence-corrected chi connectivity index (χ0v) is 8.85. The first-order valence-corrected chi connectivity index (χ1v) is 4.71. The summed E-state index contributed by atoms with van der Waals surface area (Å²) in [6.07, 6.45) is 0. The quantitative estimate of drug-likeness (QED) is 0.721. The van der Waals surface area contributed by atoms with Gasteiger partial charge in [-0.3, -0.25) is 0 Å². The highest BCUT2D eigenvalue weighted by atomic mass is 79.9. The standard InChI is InChI=1S/C10H5BrFNO/c1-5-7-2-6(11)3-8(12)10(7)14-9(5)4-13/h2-3H,1H3. The van der Waals surface area contributed by atoms with E-state index in [1.807, 2.05) is 6.07 Å². The van der Waals surface area contributed by atoms with Gasteiger partial charge in [-0.1, -0.05) is 15.9 Å². The summed E-state index contributed by atoms with van der Waals surface area (Å²) < 4.78 is 19.1. The van der Waals surface area contributed by atoms with E-state index in [-0.39, 0.29) is 11.3 Å². The Bertz CT molecular complexity index is 553. The Hall–Kier alpha value is -1.34. The maximum Gasteiger partial charge on any atom is 0.207 e. The van der Waals surface area contributed by atoms with E-state index in [0.717, 1.165) is 0 Å². The van der Waals surface area contributed by atoms with Crippen molar-refractivity contribution in [1.29, 1.82) is 5.26 Å². The largest absolute Gasteiger partial charge is 0.442 e. The molecule has 0 bridgehead atoms. The number of benzene rings is 1. The van der Waals surface area contributed by atoms with E-state index in [9.17, 15) is 4.39 Å². The Kier molecular flexibility index (Phi) is 2.05. The Morgan fingerprint density at radius 2 is 2.21 bits per heavy atom. The minimum absolute atomic E-state index is 0.141. The van der Waals surface area contributed by atoms with Crippen molar-refractivity contribution < 1.29 is 8.81 Å². The number of nitriles is 1. The molecule has 0 aliphatic heterocycles. The van der Waals surface area contributed by atoms with Gasteiger partial charge in [0.05, 0.1) is 0 Å². The predicted molar refractivity (Wildman–Crippen MR) is 53.3 cm³/mol. The van der Waals surface area contributed by atoms with Gasteiger partial charge in [0.2, 0.25) is 5.76 Å². The molecule has 0 N–H and O–H groups in total. The second kappa shape index (κ2) is 3.10. The average Bonchev–Trinajstić information content (AvgIpc) is 2.44. The van der Waals surface area contributed by atoms with Crippen LogP contribution in [0.1, 0.15) is 11.3 Å². The van der Waals surface area contributed by atoms with Gasteiger partial charge in [0, 0.05) is 15.4 Å². The molecule has 0 atom stereocenters. The molecule has 0 radical (unpaired) electrons. The molecule has 1 aromatic heterocycles. The van der Waals surface area contributed by atoms with E-state index >= 15 is 0 Å². The van der Waals surface area contributed by atoms with Crippen LogP contribution in [0, 0.1) is 24.1 Å². The maximum atomic E-state index is 13.3. The highest BCUT2D eigenvalue weighted by Crippen LogP contribution is 2.29. The van der Waals surface area contributed by atoms with Gasteiger partial charge in [-0.25, -0.2) is 4.39 Å². The summed E-state index contributed by atoms with van der Waals surface area (Å²) in [5.41, 5.74) is 0.810. The third kappa shape index (κ3) is 1.21. The zero-order valence-electron chi connectivity index (χ0n) is 7.27. The van der Waals surface area contributed by atoms with Crippen LogP contribution in [0.25, 0.3) is 11.0 Å². The van der Waals surface area contributed by atoms with E-state index in [1.54, 1.807) is 13.0 Å². The van der Waals surface area contributed by atoms with Crippen molar-refractivity contribution in [2.45, 2.75) is 6.92 Å². The molecule has 2 aromatic rings. The Morgan fingerprint density at radius 1 is 1.50 bits per heavy atom. The van der Waals surface area contributed by atoms with Crippen LogP contribution in [0.4, 0.5) is 4.39 Å². The summed E-state index contributed by atoms with van der Waals surface area (Å²) in [5, 5.41) is 9.33. The van der Waals surface area contributed by atoms with Crippen LogP contribution >= 0.6 is 15.9 Å². The van der Waals surface area contributed by atoms with Gasteiger partial charge >= 0.3 is 0 Å². The van der Waals surface area contributed by atoms with Crippen molar-refractivity contribution in [2.75, 3.05) is 0 Å².